The number of carbonyl (C=O) groups is 3. The molecule has 33 heavy (non-hydrogen) atoms. The molecule has 9 nitrogen and oxygen atoms in total. The van der Waals surface area contributed by atoms with E-state index in [0.717, 1.165) is 24.2 Å². The minimum Gasteiger partial charge on any atom is -0.338 e. The second-order valence-electron chi connectivity index (χ2n) is 8.61. The number of carbonyl (C=O) groups excluding carboxylic acids is 3. The number of piperidine rings is 1. The molecular weight excluding hydrogens is 420 g/mol. The van der Waals surface area contributed by atoms with Crippen LogP contribution in [-0.2, 0) is 10.3 Å². The molecule has 9 heteroatoms. The van der Waals surface area contributed by atoms with Crippen LogP contribution < -0.4 is 10.6 Å². The SMILES string of the molecule is CC1(c2cccc(C(=O)N3CCCC(c4nc(-c5ccccc5)n[nH]4)C3)c2)NC(=O)NC1=O. The number of nitrogens with one attached hydrogen (secondary N) is 3. The lowest BCUT2D eigenvalue weighted by molar-refractivity contribution is -0.123. The van der Waals surface area contributed by atoms with E-state index in [2.05, 4.69) is 25.8 Å². The Balaban J connectivity index is 1.33. The van der Waals surface area contributed by atoms with E-state index in [1.54, 1.807) is 31.2 Å². The Kier molecular flexibility index (Phi) is 5.16. The number of H-pyrrole nitrogens is 1. The molecule has 3 aromatic rings. The van der Waals surface area contributed by atoms with Gasteiger partial charge in [-0.15, -0.1) is 0 Å². The summed E-state index contributed by atoms with van der Waals surface area (Å²) >= 11 is 0. The first-order valence-corrected chi connectivity index (χ1v) is 11.0. The lowest BCUT2D eigenvalue weighted by Gasteiger charge is -2.32. The summed E-state index contributed by atoms with van der Waals surface area (Å²) in [6.45, 7) is 2.80. The van der Waals surface area contributed by atoms with Crippen molar-refractivity contribution in [2.75, 3.05) is 13.1 Å². The second-order valence-corrected chi connectivity index (χ2v) is 8.61. The van der Waals surface area contributed by atoms with Crippen LogP contribution in [-0.4, -0.2) is 51.0 Å². The Morgan fingerprint density at radius 2 is 1.94 bits per heavy atom. The number of benzene rings is 2. The first kappa shape index (κ1) is 20.9. The molecular formula is C24H24N6O3. The highest BCUT2D eigenvalue weighted by Crippen LogP contribution is 2.29. The highest BCUT2D eigenvalue weighted by molar-refractivity contribution is 6.07. The lowest BCUT2D eigenvalue weighted by Crippen LogP contribution is -2.41. The van der Waals surface area contributed by atoms with Crippen molar-refractivity contribution in [1.29, 1.82) is 0 Å². The van der Waals surface area contributed by atoms with Gasteiger partial charge in [0.25, 0.3) is 11.8 Å². The fourth-order valence-corrected chi connectivity index (χ4v) is 4.45. The summed E-state index contributed by atoms with van der Waals surface area (Å²) in [4.78, 5) is 43.7. The third-order valence-corrected chi connectivity index (χ3v) is 6.36. The van der Waals surface area contributed by atoms with E-state index in [-0.39, 0.29) is 11.8 Å². The molecule has 0 aliphatic carbocycles. The standard InChI is InChI=1S/C24H24N6O3/c1-24(22(32)26-23(33)27-24)18-11-5-9-16(13-18)21(31)30-12-6-10-17(14-30)20-25-19(28-29-20)15-7-3-2-4-8-15/h2-5,7-9,11,13,17H,6,10,12,14H2,1H3,(H,25,28,29)(H2,26,27,32,33). The summed E-state index contributed by atoms with van der Waals surface area (Å²) < 4.78 is 0. The molecule has 2 aliphatic rings. The fourth-order valence-electron chi connectivity index (χ4n) is 4.45. The maximum Gasteiger partial charge on any atom is 0.322 e. The molecule has 2 aromatic carbocycles. The number of hydrogen-bond acceptors (Lipinski definition) is 5. The van der Waals surface area contributed by atoms with E-state index in [1.807, 2.05) is 35.2 Å². The molecule has 3 heterocycles. The minimum absolute atomic E-state index is 0.0632. The summed E-state index contributed by atoms with van der Waals surface area (Å²) in [6.07, 6.45) is 1.77. The van der Waals surface area contributed by atoms with E-state index < -0.39 is 17.5 Å². The molecule has 2 aliphatic heterocycles. The molecule has 4 amide bonds. The van der Waals surface area contributed by atoms with E-state index in [1.165, 1.54) is 0 Å². The largest absolute Gasteiger partial charge is 0.338 e. The summed E-state index contributed by atoms with van der Waals surface area (Å²) in [5, 5.41) is 12.3. The number of urea groups is 1. The van der Waals surface area contributed by atoms with Gasteiger partial charge in [-0.25, -0.2) is 9.78 Å². The Labute approximate surface area is 190 Å². The van der Waals surface area contributed by atoms with Gasteiger partial charge in [0.15, 0.2) is 5.82 Å². The highest BCUT2D eigenvalue weighted by Gasteiger charge is 2.43. The Hall–Kier alpha value is -4.01. The van der Waals surface area contributed by atoms with Gasteiger partial charge >= 0.3 is 6.03 Å². The maximum absolute atomic E-state index is 13.3. The summed E-state index contributed by atoms with van der Waals surface area (Å²) in [5.74, 6) is 0.936. The van der Waals surface area contributed by atoms with Gasteiger partial charge in [-0.1, -0.05) is 42.5 Å². The van der Waals surface area contributed by atoms with E-state index in [9.17, 15) is 14.4 Å². The number of aromatic nitrogens is 3. The molecule has 168 valence electrons. The van der Waals surface area contributed by atoms with Crippen LogP contribution in [0.4, 0.5) is 4.79 Å². The van der Waals surface area contributed by atoms with Gasteiger partial charge in [0.2, 0.25) is 0 Å². The van der Waals surface area contributed by atoms with Crippen molar-refractivity contribution in [2.24, 2.45) is 0 Å². The molecule has 2 atom stereocenters. The predicted molar refractivity (Wildman–Crippen MR) is 120 cm³/mol. The molecule has 0 saturated carbocycles. The summed E-state index contributed by atoms with van der Waals surface area (Å²) in [5.41, 5.74) is 0.779. The zero-order valence-corrected chi connectivity index (χ0v) is 18.2. The number of nitrogens with zero attached hydrogens (tertiary/aromatic N) is 3. The normalized spacial score (nSPS) is 22.7. The monoisotopic (exact) mass is 444 g/mol. The van der Waals surface area contributed by atoms with E-state index >= 15 is 0 Å². The summed E-state index contributed by atoms with van der Waals surface area (Å²) in [7, 11) is 0. The smallest absolute Gasteiger partial charge is 0.322 e. The van der Waals surface area contributed by atoms with Gasteiger partial charge < -0.3 is 10.2 Å². The van der Waals surface area contributed by atoms with E-state index in [4.69, 9.17) is 0 Å². The third kappa shape index (κ3) is 3.86. The van der Waals surface area contributed by atoms with Crippen molar-refractivity contribution in [1.82, 2.24) is 30.7 Å². The summed E-state index contributed by atoms with van der Waals surface area (Å²) in [6, 6.07) is 16.1. The molecule has 2 saturated heterocycles. The molecule has 3 N–H and O–H groups in total. The number of aromatic amines is 1. The number of hydrogen-bond donors (Lipinski definition) is 3. The van der Waals surface area contributed by atoms with Crippen LogP contribution in [0.3, 0.4) is 0 Å². The van der Waals surface area contributed by atoms with Crippen LogP contribution in [0.5, 0.6) is 0 Å². The van der Waals surface area contributed by atoms with Gasteiger partial charge in [0.1, 0.15) is 11.4 Å². The van der Waals surface area contributed by atoms with Crippen LogP contribution >= 0.6 is 0 Å². The van der Waals surface area contributed by atoms with Crippen LogP contribution in [0.25, 0.3) is 11.4 Å². The first-order valence-electron chi connectivity index (χ1n) is 11.0. The number of rotatable bonds is 4. The van der Waals surface area contributed by atoms with Crippen molar-refractivity contribution in [3.8, 4) is 11.4 Å². The van der Waals surface area contributed by atoms with Gasteiger partial charge in [-0.2, -0.15) is 5.10 Å². The van der Waals surface area contributed by atoms with Gasteiger partial charge in [0.05, 0.1) is 0 Å². The van der Waals surface area contributed by atoms with Gasteiger partial charge in [-0.05, 0) is 37.5 Å². The highest BCUT2D eigenvalue weighted by atomic mass is 16.2. The maximum atomic E-state index is 13.3. The lowest BCUT2D eigenvalue weighted by atomic mass is 9.90. The van der Waals surface area contributed by atoms with Crippen molar-refractivity contribution >= 4 is 17.8 Å². The van der Waals surface area contributed by atoms with Crippen molar-refractivity contribution in [3.05, 3.63) is 71.5 Å². The predicted octanol–water partition coefficient (Wildman–Crippen LogP) is 2.55. The minimum atomic E-state index is -1.20. The molecule has 1 aromatic heterocycles. The van der Waals surface area contributed by atoms with Crippen LogP contribution in [0.1, 0.15) is 47.4 Å². The van der Waals surface area contributed by atoms with Gasteiger partial charge in [0, 0.05) is 30.1 Å². The van der Waals surface area contributed by atoms with E-state index in [0.29, 0.717) is 30.0 Å². The van der Waals surface area contributed by atoms with Crippen LogP contribution in [0.2, 0.25) is 0 Å². The molecule has 0 bridgehead atoms. The number of imide groups is 1. The second kappa shape index (κ2) is 8.16. The average molecular weight is 444 g/mol. The Morgan fingerprint density at radius 3 is 2.70 bits per heavy atom. The molecule has 2 unspecified atom stereocenters. The topological polar surface area (TPSA) is 120 Å². The first-order chi connectivity index (χ1) is 15.9. The number of amides is 4. The molecule has 2 fully saturated rings. The van der Waals surface area contributed by atoms with Crippen molar-refractivity contribution < 1.29 is 14.4 Å². The van der Waals surface area contributed by atoms with Crippen LogP contribution in [0.15, 0.2) is 54.6 Å². The fraction of sp³-hybridized carbons (Fsp3) is 0.292. The molecule has 0 spiro atoms. The molecule has 0 radical (unpaired) electrons. The van der Waals surface area contributed by atoms with Crippen LogP contribution in [0, 0.1) is 0 Å². The van der Waals surface area contributed by atoms with Gasteiger partial charge in [-0.3, -0.25) is 20.0 Å². The zero-order valence-electron chi connectivity index (χ0n) is 18.2. The Morgan fingerprint density at radius 1 is 1.12 bits per heavy atom. The Bertz CT molecular complexity index is 1220. The zero-order chi connectivity index (χ0) is 23.0. The quantitative estimate of drug-likeness (QED) is 0.534. The number of likely N-dealkylation sites (tertiary alicyclic amines) is 1. The van der Waals surface area contributed by atoms with Crippen molar-refractivity contribution in [2.45, 2.75) is 31.2 Å². The average Bonchev–Trinajstić information content (AvgIpc) is 3.44. The molecule has 5 rings (SSSR count). The third-order valence-electron chi connectivity index (χ3n) is 6.36. The van der Waals surface area contributed by atoms with Crippen molar-refractivity contribution in [3.63, 3.8) is 0 Å².